The molecule has 0 spiro atoms. The van der Waals surface area contributed by atoms with E-state index in [4.69, 9.17) is 17.5 Å². The first-order chi connectivity index (χ1) is 2.00. The molecule has 0 aromatic rings. The Morgan fingerprint density at radius 1 is 1.17 bits per heavy atom. The zero-order chi connectivity index (χ0) is 4.50. The van der Waals surface area contributed by atoms with E-state index in [1.807, 2.05) is 0 Å². The van der Waals surface area contributed by atoms with Crippen molar-refractivity contribution in [3.05, 3.63) is 0 Å². The van der Waals surface area contributed by atoms with Crippen LogP contribution >= 0.6 is 0 Å². The van der Waals surface area contributed by atoms with Crippen molar-refractivity contribution in [1.29, 1.82) is 0 Å². The topological polar surface area (TPSA) is 74.6 Å². The van der Waals surface area contributed by atoms with Crippen molar-refractivity contribution in [3.8, 4) is 0 Å². The third-order valence-corrected chi connectivity index (χ3v) is 0. The average molecular weight is 171 g/mol. The molecule has 2 N–H and O–H groups in total. The van der Waals surface area contributed by atoms with Crippen LogP contribution in [0.5, 0.6) is 0 Å². The number of hydrogen-bond donors (Lipinski definition) is 2. The van der Waals surface area contributed by atoms with Crippen molar-refractivity contribution in [3.63, 3.8) is 0 Å². The summed E-state index contributed by atoms with van der Waals surface area (Å²) < 4.78 is 31.6. The Morgan fingerprint density at radius 3 is 1.17 bits per heavy atom. The van der Waals surface area contributed by atoms with Crippen molar-refractivity contribution >= 4 is 28.0 Å². The van der Waals surface area contributed by atoms with Crippen LogP contribution in [0.3, 0.4) is 0 Å². The monoisotopic (exact) mass is 172 g/mol. The zero-order valence-corrected chi connectivity index (χ0v) is 5.53. The smallest absolute Gasteiger partial charge is 0.264 e. The van der Waals surface area contributed by atoms with Crippen LogP contribution in [-0.2, 0) is 10.4 Å². The molecule has 4 nitrogen and oxygen atoms in total. The summed E-state index contributed by atoms with van der Waals surface area (Å²) >= 11 is 0. The van der Waals surface area contributed by atoms with Crippen LogP contribution in [0.4, 0.5) is 0 Å². The van der Waals surface area contributed by atoms with E-state index in [0.29, 0.717) is 0 Å². The first-order valence-electron chi connectivity index (χ1n) is 0.698. The fraction of sp³-hybridized carbons (Fsp3) is 0. The Bertz CT molecular complexity index is 90.7. The molecule has 0 heterocycles. The zero-order valence-electron chi connectivity index (χ0n) is 2.62. The molecule has 0 atom stereocenters. The largest absolute Gasteiger partial charge is 0.394 e. The summed E-state index contributed by atoms with van der Waals surface area (Å²) in [5.41, 5.74) is 0. The van der Waals surface area contributed by atoms with Gasteiger partial charge in [0.15, 0.2) is 0 Å². The fourth-order valence-electron chi connectivity index (χ4n) is 0. The summed E-state index contributed by atoms with van der Waals surface area (Å²) in [5, 5.41) is 0. The predicted octanol–water partition coefficient (Wildman–Crippen LogP) is -1.03. The summed E-state index contributed by atoms with van der Waals surface area (Å²) in [7, 11) is -4.67. The van der Waals surface area contributed by atoms with Gasteiger partial charge in [-0.2, -0.15) is 8.42 Å². The van der Waals surface area contributed by atoms with Crippen molar-refractivity contribution < 1.29 is 17.5 Å². The van der Waals surface area contributed by atoms with Gasteiger partial charge in [0.05, 0.1) is 0 Å². The second kappa shape index (κ2) is 2.56. The molecule has 0 aromatic heterocycles. The second-order valence-corrected chi connectivity index (χ2v) is 1.34. The predicted molar refractivity (Wildman–Crippen MR) is 19.9 cm³/mol. The maximum atomic E-state index is 8.74. The Hall–Kier alpha value is 0.413. The van der Waals surface area contributed by atoms with Gasteiger partial charge in [0.2, 0.25) is 0 Å². The quantitative estimate of drug-likeness (QED) is 0.360. The fourth-order valence-corrected chi connectivity index (χ4v) is 0. The van der Waals surface area contributed by atoms with Crippen molar-refractivity contribution in [1.82, 2.24) is 0 Å². The third kappa shape index (κ3) is 302. The van der Waals surface area contributed by atoms with Gasteiger partial charge in [-0.05, 0) is 0 Å². The molecular weight excluding hydrogens is 169 g/mol. The van der Waals surface area contributed by atoms with Gasteiger partial charge in [0.25, 0.3) is 0 Å². The van der Waals surface area contributed by atoms with Crippen LogP contribution in [0.2, 0.25) is 0 Å². The molecule has 0 aromatic carbocycles. The third-order valence-electron chi connectivity index (χ3n) is 0. The SMILES string of the molecule is O=S(=O)(O)O.[Ge]. The molecule has 0 aliphatic rings. The molecule has 4 radical (unpaired) electrons. The molecule has 0 unspecified atom stereocenters. The molecule has 0 aliphatic heterocycles. The van der Waals surface area contributed by atoms with Crippen LogP contribution in [-0.4, -0.2) is 35.1 Å². The summed E-state index contributed by atoms with van der Waals surface area (Å²) in [5.74, 6) is 0. The summed E-state index contributed by atoms with van der Waals surface area (Å²) in [6.45, 7) is 0. The number of rotatable bonds is 0. The average Bonchev–Trinajstić information content (AvgIpc) is 0.722. The van der Waals surface area contributed by atoms with Gasteiger partial charge in [0.1, 0.15) is 0 Å². The van der Waals surface area contributed by atoms with E-state index in [2.05, 4.69) is 0 Å². The Labute approximate surface area is 46.1 Å². The molecule has 0 bridgehead atoms. The maximum Gasteiger partial charge on any atom is 0.394 e. The number of hydrogen-bond acceptors (Lipinski definition) is 2. The van der Waals surface area contributed by atoms with E-state index in [1.54, 1.807) is 0 Å². The molecule has 36 valence electrons. The van der Waals surface area contributed by atoms with Gasteiger partial charge in [-0.25, -0.2) is 0 Å². The van der Waals surface area contributed by atoms with Crippen LogP contribution in [0.25, 0.3) is 0 Å². The van der Waals surface area contributed by atoms with Crippen LogP contribution in [0.15, 0.2) is 0 Å². The Balaban J connectivity index is 0. The minimum atomic E-state index is -4.67. The van der Waals surface area contributed by atoms with E-state index >= 15 is 0 Å². The normalized spacial score (nSPS) is 9.67. The summed E-state index contributed by atoms with van der Waals surface area (Å²) in [6.07, 6.45) is 0. The van der Waals surface area contributed by atoms with E-state index in [1.165, 1.54) is 0 Å². The first-order valence-corrected chi connectivity index (χ1v) is 2.10. The first kappa shape index (κ1) is 9.65. The van der Waals surface area contributed by atoms with Gasteiger partial charge in [0, 0.05) is 17.6 Å². The van der Waals surface area contributed by atoms with Crippen molar-refractivity contribution in [2.45, 2.75) is 0 Å². The van der Waals surface area contributed by atoms with Gasteiger partial charge >= 0.3 is 10.4 Å². The molecule has 0 saturated carbocycles. The summed E-state index contributed by atoms with van der Waals surface area (Å²) in [6, 6.07) is 0. The molecule has 0 aliphatic carbocycles. The standard InChI is InChI=1S/Ge.H2O4S/c;1-5(2,3)4/h;(H2,1,2,3,4). The molecule has 0 amide bonds. The molecule has 6 heteroatoms. The molecule has 6 heavy (non-hydrogen) atoms. The van der Waals surface area contributed by atoms with Crippen LogP contribution in [0, 0.1) is 0 Å². The second-order valence-electron chi connectivity index (χ2n) is 0.448. The van der Waals surface area contributed by atoms with Crippen LogP contribution < -0.4 is 0 Å². The minimum absolute atomic E-state index is 0. The van der Waals surface area contributed by atoms with Gasteiger partial charge in [-0.15, -0.1) is 0 Å². The van der Waals surface area contributed by atoms with Crippen LogP contribution in [0.1, 0.15) is 0 Å². The summed E-state index contributed by atoms with van der Waals surface area (Å²) in [4.78, 5) is 0. The van der Waals surface area contributed by atoms with Gasteiger partial charge < -0.3 is 0 Å². The van der Waals surface area contributed by atoms with E-state index in [0.717, 1.165) is 0 Å². The van der Waals surface area contributed by atoms with E-state index in [-0.39, 0.29) is 17.6 Å². The molecular formula is H2GeO4S. The molecule has 0 fully saturated rings. The van der Waals surface area contributed by atoms with Crippen molar-refractivity contribution in [2.24, 2.45) is 0 Å². The Morgan fingerprint density at radius 2 is 1.17 bits per heavy atom. The maximum absolute atomic E-state index is 8.74. The van der Waals surface area contributed by atoms with Gasteiger partial charge in [-0.1, -0.05) is 0 Å². The molecule has 0 rings (SSSR count). The van der Waals surface area contributed by atoms with Crippen molar-refractivity contribution in [2.75, 3.05) is 0 Å². The molecule has 0 saturated heterocycles. The van der Waals surface area contributed by atoms with Gasteiger partial charge in [-0.3, -0.25) is 9.11 Å². The minimum Gasteiger partial charge on any atom is -0.264 e. The van der Waals surface area contributed by atoms with E-state index < -0.39 is 10.4 Å². The Kier molecular flexibility index (Phi) is 4.12. The van der Waals surface area contributed by atoms with E-state index in [9.17, 15) is 0 Å².